The molecule has 3 rings (SSSR count). The first kappa shape index (κ1) is 19.7. The number of carbonyl (C=O) groups excluding carboxylic acids is 1. The third-order valence-electron chi connectivity index (χ3n) is 4.24. The van der Waals surface area contributed by atoms with Gasteiger partial charge >= 0.3 is 0 Å². The van der Waals surface area contributed by atoms with Crippen LogP contribution in [0.25, 0.3) is 5.69 Å². The summed E-state index contributed by atoms with van der Waals surface area (Å²) >= 11 is 1.33. The molecule has 0 aliphatic carbocycles. The molecule has 0 radical (unpaired) electrons. The summed E-state index contributed by atoms with van der Waals surface area (Å²) in [5.41, 5.74) is 3.24. The summed E-state index contributed by atoms with van der Waals surface area (Å²) < 4.78 is 7.23. The number of hydrogen-bond donors (Lipinski definition) is 0. The first-order valence-electron chi connectivity index (χ1n) is 8.86. The number of thioether (sulfide) groups is 1. The quantitative estimate of drug-likeness (QED) is 0.542. The lowest BCUT2D eigenvalue weighted by molar-refractivity contribution is -0.129. The van der Waals surface area contributed by atoms with E-state index in [9.17, 15) is 4.79 Å². The molecule has 1 amide bonds. The van der Waals surface area contributed by atoms with Gasteiger partial charge in [0.15, 0.2) is 5.16 Å². The first-order valence-corrected chi connectivity index (χ1v) is 9.84. The lowest BCUT2D eigenvalue weighted by Gasteiger charge is -2.20. The summed E-state index contributed by atoms with van der Waals surface area (Å²) in [7, 11) is 0. The molecule has 144 valence electrons. The Balaban J connectivity index is 1.70. The molecule has 1 aromatic carbocycles. The van der Waals surface area contributed by atoms with E-state index in [4.69, 9.17) is 9.68 Å². The van der Waals surface area contributed by atoms with Crippen molar-refractivity contribution in [2.75, 3.05) is 12.3 Å². The summed E-state index contributed by atoms with van der Waals surface area (Å²) in [4.78, 5) is 14.4. The zero-order chi connectivity index (χ0) is 19.9. The summed E-state index contributed by atoms with van der Waals surface area (Å²) in [6, 6.07) is 11.9. The van der Waals surface area contributed by atoms with Gasteiger partial charge in [-0.2, -0.15) is 5.26 Å². The summed E-state index contributed by atoms with van der Waals surface area (Å²) in [5, 5.41) is 17.7. The van der Waals surface area contributed by atoms with Crippen LogP contribution < -0.4 is 0 Å². The summed E-state index contributed by atoms with van der Waals surface area (Å²) in [6.45, 7) is 4.77. The zero-order valence-electron chi connectivity index (χ0n) is 15.8. The van der Waals surface area contributed by atoms with Crippen LogP contribution in [0.1, 0.15) is 23.3 Å². The molecule has 0 atom stereocenters. The second-order valence-corrected chi connectivity index (χ2v) is 7.31. The average Bonchev–Trinajstić information content (AvgIpc) is 3.36. The van der Waals surface area contributed by atoms with E-state index < -0.39 is 0 Å². The van der Waals surface area contributed by atoms with Crippen LogP contribution in [-0.2, 0) is 11.3 Å². The van der Waals surface area contributed by atoms with Crippen LogP contribution >= 0.6 is 11.8 Å². The molecule has 3 aromatic rings. The van der Waals surface area contributed by atoms with Gasteiger partial charge in [0.05, 0.1) is 36.7 Å². The van der Waals surface area contributed by atoms with Crippen molar-refractivity contribution in [2.24, 2.45) is 0 Å². The van der Waals surface area contributed by atoms with E-state index in [1.54, 1.807) is 23.6 Å². The normalized spacial score (nSPS) is 10.6. The van der Waals surface area contributed by atoms with Crippen molar-refractivity contribution in [2.45, 2.75) is 32.0 Å². The second-order valence-electron chi connectivity index (χ2n) is 6.36. The van der Waals surface area contributed by atoms with Gasteiger partial charge < -0.3 is 9.32 Å². The SMILES string of the molecule is Cc1ccc(C)c(-n2cnnc2SCC(=O)N(CCC#N)Cc2ccco2)c1. The first-order chi connectivity index (χ1) is 13.6. The maximum Gasteiger partial charge on any atom is 0.233 e. The van der Waals surface area contributed by atoms with Gasteiger partial charge in [0.1, 0.15) is 12.1 Å². The lowest BCUT2D eigenvalue weighted by Crippen LogP contribution is -2.32. The van der Waals surface area contributed by atoms with Crippen LogP contribution in [0.15, 0.2) is 52.5 Å². The Hall–Kier alpha value is -3.05. The van der Waals surface area contributed by atoms with E-state index in [1.807, 2.05) is 24.5 Å². The highest BCUT2D eigenvalue weighted by molar-refractivity contribution is 7.99. The van der Waals surface area contributed by atoms with Crippen LogP contribution in [-0.4, -0.2) is 37.9 Å². The number of furan rings is 1. The predicted molar refractivity (Wildman–Crippen MR) is 106 cm³/mol. The third-order valence-corrected chi connectivity index (χ3v) is 5.17. The van der Waals surface area contributed by atoms with Crippen molar-refractivity contribution >= 4 is 17.7 Å². The molecule has 0 fully saturated rings. The highest BCUT2D eigenvalue weighted by Crippen LogP contribution is 2.23. The predicted octanol–water partition coefficient (Wildman–Crippen LogP) is 3.51. The van der Waals surface area contributed by atoms with Crippen LogP contribution in [0, 0.1) is 25.2 Å². The minimum absolute atomic E-state index is 0.0767. The molecule has 2 heterocycles. The van der Waals surface area contributed by atoms with Gasteiger partial charge in [-0.1, -0.05) is 23.9 Å². The number of amides is 1. The Morgan fingerprint density at radius 1 is 1.36 bits per heavy atom. The second kappa shape index (κ2) is 9.24. The maximum atomic E-state index is 12.7. The summed E-state index contributed by atoms with van der Waals surface area (Å²) in [6.07, 6.45) is 3.50. The number of aryl methyl sites for hydroxylation is 2. The lowest BCUT2D eigenvalue weighted by atomic mass is 10.1. The van der Waals surface area contributed by atoms with Gasteiger partial charge in [-0.3, -0.25) is 9.36 Å². The fourth-order valence-electron chi connectivity index (χ4n) is 2.75. The molecule has 0 N–H and O–H groups in total. The van der Waals surface area contributed by atoms with Crippen molar-refractivity contribution in [3.63, 3.8) is 0 Å². The number of aromatic nitrogens is 3. The van der Waals surface area contributed by atoms with E-state index in [0.717, 1.165) is 16.8 Å². The van der Waals surface area contributed by atoms with Crippen molar-refractivity contribution in [1.82, 2.24) is 19.7 Å². The minimum atomic E-state index is -0.0767. The van der Waals surface area contributed by atoms with Crippen LogP contribution in [0.2, 0.25) is 0 Å². The maximum absolute atomic E-state index is 12.7. The number of nitrogens with zero attached hydrogens (tertiary/aromatic N) is 5. The monoisotopic (exact) mass is 395 g/mol. The number of nitriles is 1. The van der Waals surface area contributed by atoms with Gasteiger partial charge in [0, 0.05) is 6.54 Å². The Labute approximate surface area is 168 Å². The van der Waals surface area contributed by atoms with Crippen LogP contribution in [0.3, 0.4) is 0 Å². The van der Waals surface area contributed by atoms with Crippen molar-refractivity contribution < 1.29 is 9.21 Å². The minimum Gasteiger partial charge on any atom is -0.467 e. The Morgan fingerprint density at radius 3 is 2.96 bits per heavy atom. The molecule has 28 heavy (non-hydrogen) atoms. The Morgan fingerprint density at radius 2 is 2.21 bits per heavy atom. The smallest absolute Gasteiger partial charge is 0.233 e. The van der Waals surface area contributed by atoms with Crippen LogP contribution in [0.4, 0.5) is 0 Å². The molecule has 2 aromatic heterocycles. The molecular formula is C20H21N5O2S. The van der Waals surface area contributed by atoms with E-state index in [1.165, 1.54) is 11.8 Å². The average molecular weight is 395 g/mol. The van der Waals surface area contributed by atoms with E-state index in [2.05, 4.69) is 34.5 Å². The van der Waals surface area contributed by atoms with Gasteiger partial charge in [0.25, 0.3) is 0 Å². The highest BCUT2D eigenvalue weighted by atomic mass is 32.2. The highest BCUT2D eigenvalue weighted by Gasteiger charge is 2.18. The molecule has 0 aliphatic rings. The largest absolute Gasteiger partial charge is 0.467 e. The van der Waals surface area contributed by atoms with Crippen molar-refractivity contribution in [3.05, 3.63) is 59.8 Å². The molecule has 8 heteroatoms. The topological polar surface area (TPSA) is 88.0 Å². The van der Waals surface area contributed by atoms with E-state index in [0.29, 0.717) is 24.0 Å². The molecule has 0 saturated heterocycles. The zero-order valence-corrected chi connectivity index (χ0v) is 16.6. The van der Waals surface area contributed by atoms with Crippen molar-refractivity contribution in [3.8, 4) is 11.8 Å². The Bertz CT molecular complexity index is 975. The molecular weight excluding hydrogens is 374 g/mol. The molecule has 0 bridgehead atoms. The van der Waals surface area contributed by atoms with E-state index >= 15 is 0 Å². The van der Waals surface area contributed by atoms with Gasteiger partial charge in [0.2, 0.25) is 5.91 Å². The van der Waals surface area contributed by atoms with Gasteiger partial charge in [-0.05, 0) is 43.2 Å². The standard InChI is InChI=1S/C20H21N5O2S/c1-15-6-7-16(2)18(11-15)25-14-22-23-20(25)28-13-19(26)24(9-4-8-21)12-17-5-3-10-27-17/h3,5-7,10-11,14H,4,9,12-13H2,1-2H3. The van der Waals surface area contributed by atoms with Gasteiger partial charge in [-0.15, -0.1) is 10.2 Å². The number of hydrogen-bond acceptors (Lipinski definition) is 6. The van der Waals surface area contributed by atoms with E-state index in [-0.39, 0.29) is 18.1 Å². The third kappa shape index (κ3) is 4.81. The molecule has 0 aliphatic heterocycles. The number of rotatable bonds is 8. The number of benzene rings is 1. The Kier molecular flexibility index (Phi) is 6.50. The number of carbonyl (C=O) groups is 1. The fourth-order valence-corrected chi connectivity index (χ4v) is 3.58. The fraction of sp³-hybridized carbons (Fsp3) is 0.300. The molecule has 0 spiro atoms. The molecule has 0 unspecified atom stereocenters. The molecule has 0 saturated carbocycles. The van der Waals surface area contributed by atoms with Crippen LogP contribution in [0.5, 0.6) is 0 Å². The summed E-state index contributed by atoms with van der Waals surface area (Å²) in [5.74, 6) is 0.817. The molecule has 7 nitrogen and oxygen atoms in total. The van der Waals surface area contributed by atoms with Gasteiger partial charge in [-0.25, -0.2) is 0 Å². The van der Waals surface area contributed by atoms with Crippen molar-refractivity contribution in [1.29, 1.82) is 5.26 Å².